The van der Waals surface area contributed by atoms with E-state index < -0.39 is 0 Å². The Labute approximate surface area is 126 Å². The van der Waals surface area contributed by atoms with Crippen molar-refractivity contribution in [2.75, 3.05) is 31.2 Å². The quantitative estimate of drug-likeness (QED) is 0.616. The molecule has 4 nitrogen and oxygen atoms in total. The number of ether oxygens (including phenoxy) is 1. The monoisotopic (exact) mass is 293 g/mol. The normalized spacial score (nSPS) is 13.3. The number of hydrogen-bond acceptors (Lipinski definition) is 4. The largest absolute Gasteiger partial charge is 0.389 e. The highest BCUT2D eigenvalue weighted by Gasteiger charge is 2.20. The molecule has 0 amide bonds. The lowest BCUT2D eigenvalue weighted by Crippen LogP contribution is -2.31. The van der Waals surface area contributed by atoms with E-state index in [4.69, 9.17) is 27.7 Å². The standard InChI is InChI=1S/C15H23N3OS/c1-3-18(8-9-19-4-2)15-12(14(16)20)10-11-6-5-7-13(11)17-15/h10H,3-9H2,1-2H3,(H2,16,20). The summed E-state index contributed by atoms with van der Waals surface area (Å²) < 4.78 is 5.45. The second-order valence-corrected chi connectivity index (χ2v) is 5.40. The summed E-state index contributed by atoms with van der Waals surface area (Å²) in [6.07, 6.45) is 3.32. The summed E-state index contributed by atoms with van der Waals surface area (Å²) in [4.78, 5) is 7.45. The summed E-state index contributed by atoms with van der Waals surface area (Å²) in [5, 5.41) is 0. The molecule has 0 bridgehead atoms. The molecule has 20 heavy (non-hydrogen) atoms. The Bertz CT molecular complexity index is 490. The second kappa shape index (κ2) is 6.99. The number of rotatable bonds is 7. The Morgan fingerprint density at radius 1 is 1.45 bits per heavy atom. The van der Waals surface area contributed by atoms with Crippen molar-refractivity contribution >= 4 is 23.0 Å². The third-order valence-corrected chi connectivity index (χ3v) is 3.91. The highest BCUT2D eigenvalue weighted by atomic mass is 32.1. The first kappa shape index (κ1) is 15.2. The van der Waals surface area contributed by atoms with E-state index >= 15 is 0 Å². The van der Waals surface area contributed by atoms with E-state index in [9.17, 15) is 0 Å². The lowest BCUT2D eigenvalue weighted by atomic mass is 10.1. The van der Waals surface area contributed by atoms with E-state index in [1.54, 1.807) is 0 Å². The number of thiocarbonyl (C=S) groups is 1. The molecule has 0 saturated carbocycles. The van der Waals surface area contributed by atoms with Gasteiger partial charge in [-0.3, -0.25) is 0 Å². The van der Waals surface area contributed by atoms with Crippen molar-refractivity contribution in [2.45, 2.75) is 33.1 Å². The Morgan fingerprint density at radius 3 is 2.90 bits per heavy atom. The molecular formula is C15H23N3OS. The number of hydrogen-bond donors (Lipinski definition) is 1. The number of anilines is 1. The van der Waals surface area contributed by atoms with Crippen LogP contribution in [0.4, 0.5) is 5.82 Å². The van der Waals surface area contributed by atoms with Gasteiger partial charge in [0.05, 0.1) is 12.2 Å². The molecule has 1 aromatic heterocycles. The first-order valence-corrected chi connectivity index (χ1v) is 7.73. The summed E-state index contributed by atoms with van der Waals surface area (Å²) in [5.74, 6) is 0.917. The zero-order valence-electron chi connectivity index (χ0n) is 12.3. The van der Waals surface area contributed by atoms with Crippen LogP contribution in [0, 0.1) is 0 Å². The molecule has 2 rings (SSSR count). The maximum atomic E-state index is 5.89. The molecule has 0 saturated heterocycles. The van der Waals surface area contributed by atoms with Crippen LogP contribution in [0.15, 0.2) is 6.07 Å². The molecular weight excluding hydrogens is 270 g/mol. The van der Waals surface area contributed by atoms with Crippen LogP contribution in [0.5, 0.6) is 0 Å². The Balaban J connectivity index is 2.29. The third-order valence-electron chi connectivity index (χ3n) is 3.69. The predicted octanol–water partition coefficient (Wildman–Crippen LogP) is 2.07. The van der Waals surface area contributed by atoms with Crippen LogP contribution in [0.25, 0.3) is 0 Å². The second-order valence-electron chi connectivity index (χ2n) is 4.96. The zero-order chi connectivity index (χ0) is 14.5. The lowest BCUT2D eigenvalue weighted by molar-refractivity contribution is 0.154. The number of fused-ring (bicyclic) bond motifs is 1. The van der Waals surface area contributed by atoms with Crippen LogP contribution in [-0.4, -0.2) is 36.3 Å². The van der Waals surface area contributed by atoms with Gasteiger partial charge in [0.25, 0.3) is 0 Å². The molecule has 110 valence electrons. The molecule has 2 N–H and O–H groups in total. The SMILES string of the molecule is CCOCCN(CC)c1nc2c(cc1C(N)=S)CCC2. The van der Waals surface area contributed by atoms with Crippen LogP contribution in [0.3, 0.4) is 0 Å². The molecule has 0 unspecified atom stereocenters. The molecule has 0 aliphatic heterocycles. The van der Waals surface area contributed by atoms with E-state index in [1.807, 2.05) is 6.92 Å². The van der Waals surface area contributed by atoms with Gasteiger partial charge >= 0.3 is 0 Å². The highest BCUT2D eigenvalue weighted by molar-refractivity contribution is 7.80. The maximum Gasteiger partial charge on any atom is 0.139 e. The van der Waals surface area contributed by atoms with Crippen molar-refractivity contribution in [3.8, 4) is 0 Å². The minimum absolute atomic E-state index is 0.428. The number of aromatic nitrogens is 1. The Kier molecular flexibility index (Phi) is 5.31. The zero-order valence-corrected chi connectivity index (χ0v) is 13.1. The fourth-order valence-electron chi connectivity index (χ4n) is 2.62. The van der Waals surface area contributed by atoms with Crippen LogP contribution >= 0.6 is 12.2 Å². The van der Waals surface area contributed by atoms with Crippen molar-refractivity contribution in [3.05, 3.63) is 22.9 Å². The van der Waals surface area contributed by atoms with E-state index in [-0.39, 0.29) is 0 Å². The lowest BCUT2D eigenvalue weighted by Gasteiger charge is -2.25. The number of nitrogens with zero attached hydrogens (tertiary/aromatic N) is 2. The van der Waals surface area contributed by atoms with E-state index in [2.05, 4.69) is 17.9 Å². The van der Waals surface area contributed by atoms with E-state index in [0.29, 0.717) is 11.6 Å². The minimum Gasteiger partial charge on any atom is -0.389 e. The van der Waals surface area contributed by atoms with Crippen LogP contribution < -0.4 is 10.6 Å². The average Bonchev–Trinajstić information content (AvgIpc) is 2.89. The average molecular weight is 293 g/mol. The predicted molar refractivity (Wildman–Crippen MR) is 86.5 cm³/mol. The van der Waals surface area contributed by atoms with E-state index in [1.165, 1.54) is 17.7 Å². The Morgan fingerprint density at radius 2 is 2.25 bits per heavy atom. The number of likely N-dealkylation sites (N-methyl/N-ethyl adjacent to an activating group) is 1. The third kappa shape index (κ3) is 3.27. The fourth-order valence-corrected chi connectivity index (χ4v) is 2.77. The van der Waals surface area contributed by atoms with Crippen molar-refractivity contribution in [1.82, 2.24) is 4.98 Å². The van der Waals surface area contributed by atoms with Gasteiger partial charge in [-0.1, -0.05) is 12.2 Å². The first-order valence-electron chi connectivity index (χ1n) is 7.32. The molecule has 0 aromatic carbocycles. The molecule has 1 aromatic rings. The topological polar surface area (TPSA) is 51.4 Å². The molecule has 0 spiro atoms. The summed E-state index contributed by atoms with van der Waals surface area (Å²) in [6, 6.07) is 2.14. The molecule has 5 heteroatoms. The number of nitrogens with two attached hydrogens (primary N) is 1. The Hall–Kier alpha value is -1.20. The summed E-state index contributed by atoms with van der Waals surface area (Å²) in [7, 11) is 0. The molecule has 0 atom stereocenters. The first-order chi connectivity index (χ1) is 9.67. The van der Waals surface area contributed by atoms with Gasteiger partial charge < -0.3 is 15.4 Å². The van der Waals surface area contributed by atoms with Gasteiger partial charge in [0.1, 0.15) is 10.8 Å². The van der Waals surface area contributed by atoms with Crippen LogP contribution in [0.2, 0.25) is 0 Å². The van der Waals surface area contributed by atoms with Gasteiger partial charge in [-0.15, -0.1) is 0 Å². The van der Waals surface area contributed by atoms with Crippen molar-refractivity contribution in [2.24, 2.45) is 5.73 Å². The van der Waals surface area contributed by atoms with Gasteiger partial charge in [0, 0.05) is 25.4 Å². The van der Waals surface area contributed by atoms with Gasteiger partial charge in [-0.2, -0.15) is 0 Å². The molecule has 0 fully saturated rings. The van der Waals surface area contributed by atoms with Crippen LogP contribution in [-0.2, 0) is 17.6 Å². The molecule has 1 aliphatic rings. The fraction of sp³-hybridized carbons (Fsp3) is 0.600. The van der Waals surface area contributed by atoms with Crippen molar-refractivity contribution < 1.29 is 4.74 Å². The van der Waals surface area contributed by atoms with Gasteiger partial charge in [0.15, 0.2) is 0 Å². The van der Waals surface area contributed by atoms with Gasteiger partial charge in [-0.05, 0) is 44.7 Å². The van der Waals surface area contributed by atoms with Crippen molar-refractivity contribution in [1.29, 1.82) is 0 Å². The van der Waals surface area contributed by atoms with Crippen LogP contribution in [0.1, 0.15) is 37.1 Å². The van der Waals surface area contributed by atoms with Crippen molar-refractivity contribution in [3.63, 3.8) is 0 Å². The molecule has 1 heterocycles. The molecule has 1 aliphatic carbocycles. The summed E-state index contributed by atoms with van der Waals surface area (Å²) in [6.45, 7) is 7.23. The van der Waals surface area contributed by atoms with Gasteiger partial charge in [-0.25, -0.2) is 4.98 Å². The maximum absolute atomic E-state index is 5.89. The summed E-state index contributed by atoms with van der Waals surface area (Å²) >= 11 is 5.20. The van der Waals surface area contributed by atoms with E-state index in [0.717, 1.165) is 43.9 Å². The molecule has 0 radical (unpaired) electrons. The number of pyridine rings is 1. The minimum atomic E-state index is 0.428. The van der Waals surface area contributed by atoms with Gasteiger partial charge in [0.2, 0.25) is 0 Å². The number of aryl methyl sites for hydroxylation is 2. The smallest absolute Gasteiger partial charge is 0.139 e. The summed E-state index contributed by atoms with van der Waals surface area (Å²) in [5.41, 5.74) is 9.30. The highest BCUT2D eigenvalue weighted by Crippen LogP contribution is 2.27.